The van der Waals surface area contributed by atoms with E-state index in [0.717, 1.165) is 75.7 Å². The van der Waals surface area contributed by atoms with Gasteiger partial charge in [-0.2, -0.15) is 0 Å². The van der Waals surface area contributed by atoms with Crippen molar-refractivity contribution in [2.45, 2.75) is 40.0 Å². The highest BCUT2D eigenvalue weighted by Crippen LogP contribution is 2.45. The molecule has 5 heteroatoms. The van der Waals surface area contributed by atoms with Gasteiger partial charge in [0.2, 0.25) is 0 Å². The van der Waals surface area contributed by atoms with Crippen LogP contribution >= 0.6 is 0 Å². The van der Waals surface area contributed by atoms with Crippen molar-refractivity contribution in [3.63, 3.8) is 0 Å². The fourth-order valence-corrected chi connectivity index (χ4v) is 4.32. The Labute approximate surface area is 150 Å². The number of ether oxygens (including phenoxy) is 2. The number of aryl methyl sites for hydroxylation is 2. The third kappa shape index (κ3) is 4.04. The van der Waals surface area contributed by atoms with E-state index < -0.39 is 0 Å². The molecule has 0 N–H and O–H groups in total. The number of aromatic nitrogens is 1. The summed E-state index contributed by atoms with van der Waals surface area (Å²) in [7, 11) is 0. The summed E-state index contributed by atoms with van der Waals surface area (Å²) >= 11 is 0. The van der Waals surface area contributed by atoms with E-state index in [4.69, 9.17) is 9.47 Å². The Hall–Kier alpha value is -1.46. The van der Waals surface area contributed by atoms with E-state index in [2.05, 4.69) is 4.98 Å². The van der Waals surface area contributed by atoms with Crippen molar-refractivity contribution in [1.29, 1.82) is 0 Å². The normalized spacial score (nSPS) is 23.0. The van der Waals surface area contributed by atoms with Crippen LogP contribution in [0.4, 0.5) is 0 Å². The molecule has 1 aromatic rings. The lowest BCUT2D eigenvalue weighted by Crippen LogP contribution is -2.50. The number of rotatable bonds is 4. The molecular formula is C20H30N2O3. The fraction of sp³-hybridized carbons (Fsp3) is 0.700. The molecular weight excluding hydrogens is 316 g/mol. The number of pyridine rings is 1. The first-order chi connectivity index (χ1) is 12.0. The summed E-state index contributed by atoms with van der Waals surface area (Å²) in [6.45, 7) is 10.7. The zero-order chi connectivity index (χ0) is 17.9. The van der Waals surface area contributed by atoms with Crippen LogP contribution in [-0.2, 0) is 9.47 Å². The van der Waals surface area contributed by atoms with Crippen molar-refractivity contribution < 1.29 is 14.3 Å². The molecule has 1 aromatic heterocycles. The molecule has 2 fully saturated rings. The van der Waals surface area contributed by atoms with Crippen LogP contribution < -0.4 is 0 Å². The molecule has 1 amide bonds. The molecule has 1 atom stereocenters. The van der Waals surface area contributed by atoms with Gasteiger partial charge in [0.1, 0.15) is 0 Å². The van der Waals surface area contributed by atoms with E-state index in [-0.39, 0.29) is 11.3 Å². The van der Waals surface area contributed by atoms with Crippen LogP contribution in [0.25, 0.3) is 0 Å². The highest BCUT2D eigenvalue weighted by atomic mass is 16.5. The van der Waals surface area contributed by atoms with E-state index in [1.54, 1.807) is 0 Å². The molecule has 1 spiro atoms. The molecule has 1 unspecified atom stereocenters. The molecule has 138 valence electrons. The lowest BCUT2D eigenvalue weighted by molar-refractivity contribution is -0.0956. The first kappa shape index (κ1) is 18.3. The van der Waals surface area contributed by atoms with Crippen LogP contribution in [0.15, 0.2) is 12.1 Å². The zero-order valence-corrected chi connectivity index (χ0v) is 15.7. The van der Waals surface area contributed by atoms with Gasteiger partial charge in [-0.3, -0.25) is 9.78 Å². The number of likely N-dealkylation sites (tertiary alicyclic amines) is 1. The molecule has 0 saturated carbocycles. The van der Waals surface area contributed by atoms with Gasteiger partial charge in [0, 0.05) is 49.2 Å². The van der Waals surface area contributed by atoms with Gasteiger partial charge in [-0.25, -0.2) is 0 Å². The van der Waals surface area contributed by atoms with E-state index >= 15 is 0 Å². The highest BCUT2D eigenvalue weighted by Gasteiger charge is 2.44. The van der Waals surface area contributed by atoms with Crippen molar-refractivity contribution in [2.24, 2.45) is 11.3 Å². The number of hydrogen-bond donors (Lipinski definition) is 0. The molecule has 3 rings (SSSR count). The number of hydrogen-bond acceptors (Lipinski definition) is 4. The maximum Gasteiger partial charge on any atom is 0.253 e. The maximum atomic E-state index is 12.9. The average Bonchev–Trinajstić information content (AvgIpc) is 2.60. The fourth-order valence-electron chi connectivity index (χ4n) is 4.32. The Morgan fingerprint density at radius 1 is 1.28 bits per heavy atom. The molecule has 0 aliphatic carbocycles. The maximum absolute atomic E-state index is 12.9. The number of carbonyl (C=O) groups is 1. The Kier molecular flexibility index (Phi) is 5.74. The molecule has 5 nitrogen and oxygen atoms in total. The van der Waals surface area contributed by atoms with Crippen molar-refractivity contribution >= 4 is 5.91 Å². The van der Waals surface area contributed by atoms with E-state index in [1.807, 2.05) is 37.8 Å². The van der Waals surface area contributed by atoms with E-state index in [1.165, 1.54) is 0 Å². The van der Waals surface area contributed by atoms with Gasteiger partial charge in [-0.1, -0.05) is 0 Å². The molecule has 0 aromatic carbocycles. The van der Waals surface area contributed by atoms with Crippen LogP contribution in [-0.4, -0.2) is 55.3 Å². The number of amides is 1. The predicted octanol–water partition coefficient (Wildman–Crippen LogP) is 2.99. The zero-order valence-electron chi connectivity index (χ0n) is 15.7. The number of piperidine rings is 1. The molecule has 0 bridgehead atoms. The summed E-state index contributed by atoms with van der Waals surface area (Å²) < 4.78 is 11.4. The second kappa shape index (κ2) is 7.83. The van der Waals surface area contributed by atoms with Gasteiger partial charge in [0.05, 0.1) is 13.2 Å². The third-order valence-corrected chi connectivity index (χ3v) is 5.83. The first-order valence-corrected chi connectivity index (χ1v) is 9.44. The van der Waals surface area contributed by atoms with Gasteiger partial charge in [-0.15, -0.1) is 0 Å². The molecule has 2 aliphatic rings. The molecule has 3 heterocycles. The Morgan fingerprint density at radius 3 is 2.60 bits per heavy atom. The minimum absolute atomic E-state index is 0.136. The minimum atomic E-state index is 0.136. The predicted molar refractivity (Wildman–Crippen MR) is 96.7 cm³/mol. The standard InChI is InChI=1S/C20H30N2O3/c1-4-24-13-18-14-25-10-7-20(18)5-8-22(9-6-20)19(23)17-11-15(2)21-16(3)12-17/h11-12,18H,4-10,13-14H2,1-3H3. The van der Waals surface area contributed by atoms with Gasteiger partial charge in [0.15, 0.2) is 0 Å². The Morgan fingerprint density at radius 2 is 1.96 bits per heavy atom. The quantitative estimate of drug-likeness (QED) is 0.841. The Balaban J connectivity index is 1.66. The Bertz CT molecular complexity index is 589. The van der Waals surface area contributed by atoms with Crippen LogP contribution in [0.5, 0.6) is 0 Å². The summed E-state index contributed by atoms with van der Waals surface area (Å²) in [6.07, 6.45) is 3.17. The lowest BCUT2D eigenvalue weighted by Gasteiger charge is -2.49. The minimum Gasteiger partial charge on any atom is -0.381 e. The van der Waals surface area contributed by atoms with E-state index in [9.17, 15) is 4.79 Å². The van der Waals surface area contributed by atoms with Crippen molar-refractivity contribution in [3.8, 4) is 0 Å². The molecule has 2 aliphatic heterocycles. The molecule has 25 heavy (non-hydrogen) atoms. The smallest absolute Gasteiger partial charge is 0.253 e. The monoisotopic (exact) mass is 346 g/mol. The second-order valence-electron chi connectivity index (χ2n) is 7.47. The summed E-state index contributed by atoms with van der Waals surface area (Å²) in [4.78, 5) is 19.3. The van der Waals surface area contributed by atoms with Gasteiger partial charge >= 0.3 is 0 Å². The van der Waals surface area contributed by atoms with Gasteiger partial charge in [0.25, 0.3) is 5.91 Å². The van der Waals surface area contributed by atoms with E-state index in [0.29, 0.717) is 5.92 Å². The second-order valence-corrected chi connectivity index (χ2v) is 7.47. The van der Waals surface area contributed by atoms with Crippen LogP contribution in [0, 0.1) is 25.2 Å². The van der Waals surface area contributed by atoms with Crippen LogP contribution in [0.1, 0.15) is 47.9 Å². The SMILES string of the molecule is CCOCC1COCCC12CCN(C(=O)c1cc(C)nc(C)c1)CC2. The van der Waals surface area contributed by atoms with Crippen molar-refractivity contribution in [3.05, 3.63) is 29.1 Å². The molecule has 0 radical (unpaired) electrons. The number of nitrogens with zero attached hydrogens (tertiary/aromatic N) is 2. The van der Waals surface area contributed by atoms with Gasteiger partial charge < -0.3 is 14.4 Å². The topological polar surface area (TPSA) is 51.7 Å². The van der Waals surface area contributed by atoms with Crippen molar-refractivity contribution in [2.75, 3.05) is 39.5 Å². The van der Waals surface area contributed by atoms with Crippen LogP contribution in [0.2, 0.25) is 0 Å². The van der Waals surface area contributed by atoms with Crippen LogP contribution in [0.3, 0.4) is 0 Å². The average molecular weight is 346 g/mol. The largest absolute Gasteiger partial charge is 0.381 e. The lowest BCUT2D eigenvalue weighted by atomic mass is 9.66. The van der Waals surface area contributed by atoms with Gasteiger partial charge in [-0.05, 0) is 57.6 Å². The summed E-state index contributed by atoms with van der Waals surface area (Å²) in [5.41, 5.74) is 2.84. The van der Waals surface area contributed by atoms with Crippen molar-refractivity contribution in [1.82, 2.24) is 9.88 Å². The summed E-state index contributed by atoms with van der Waals surface area (Å²) in [5, 5.41) is 0. The summed E-state index contributed by atoms with van der Waals surface area (Å²) in [5.74, 6) is 0.584. The third-order valence-electron chi connectivity index (χ3n) is 5.83. The molecule has 2 saturated heterocycles. The number of carbonyl (C=O) groups excluding carboxylic acids is 1. The first-order valence-electron chi connectivity index (χ1n) is 9.44. The summed E-state index contributed by atoms with van der Waals surface area (Å²) in [6, 6.07) is 3.79. The highest BCUT2D eigenvalue weighted by molar-refractivity contribution is 5.94.